The Hall–Kier alpha value is -2.99. The fourth-order valence-electron chi connectivity index (χ4n) is 3.28. The molecule has 0 spiro atoms. The minimum atomic E-state index is -4.13. The largest absolute Gasteiger partial charge is 0.377 e. The lowest BCUT2D eigenvalue weighted by atomic mass is 10.1. The Morgan fingerprint density at radius 1 is 0.972 bits per heavy atom. The molecular formula is C24H15Br2ClN2O6S. The molecule has 0 bridgehead atoms. The highest BCUT2D eigenvalue weighted by Crippen LogP contribution is 2.37. The lowest BCUT2D eigenvalue weighted by Gasteiger charge is -2.26. The van der Waals surface area contributed by atoms with Crippen molar-refractivity contribution in [1.82, 2.24) is 5.32 Å². The van der Waals surface area contributed by atoms with E-state index >= 15 is 0 Å². The number of benzene rings is 3. The minimum Gasteiger partial charge on any atom is -0.377 e. The number of urea groups is 1. The van der Waals surface area contributed by atoms with Crippen LogP contribution in [0.4, 0.5) is 10.5 Å². The fraction of sp³-hybridized carbons (Fsp3) is 0.0417. The van der Waals surface area contributed by atoms with Crippen molar-refractivity contribution in [2.45, 2.75) is 11.8 Å². The highest BCUT2D eigenvalue weighted by Gasteiger charge is 2.37. The van der Waals surface area contributed by atoms with Crippen molar-refractivity contribution >= 4 is 83.2 Å². The molecule has 0 aliphatic carbocycles. The SMILES string of the molecule is Cc1ccc(S(=O)(=O)Oc2c(Br)cc(/C=C3\C(=O)NC(=O)N(c4cccc(Cl)c4)C3=O)cc2Br)cc1. The van der Waals surface area contributed by atoms with Crippen molar-refractivity contribution in [3.8, 4) is 5.75 Å². The molecule has 1 heterocycles. The van der Waals surface area contributed by atoms with Gasteiger partial charge < -0.3 is 4.18 Å². The summed E-state index contributed by atoms with van der Waals surface area (Å²) in [5.41, 5.74) is 1.13. The van der Waals surface area contributed by atoms with E-state index < -0.39 is 28.0 Å². The average molecular weight is 655 g/mol. The number of imide groups is 2. The molecule has 8 nitrogen and oxygen atoms in total. The van der Waals surface area contributed by atoms with Gasteiger partial charge in [-0.3, -0.25) is 14.9 Å². The quantitative estimate of drug-likeness (QED) is 0.218. The van der Waals surface area contributed by atoms with Crippen LogP contribution in [-0.4, -0.2) is 26.3 Å². The van der Waals surface area contributed by atoms with Gasteiger partial charge in [-0.2, -0.15) is 8.42 Å². The number of aryl methyl sites for hydroxylation is 1. The highest BCUT2D eigenvalue weighted by atomic mass is 79.9. The van der Waals surface area contributed by atoms with Gasteiger partial charge in [0.05, 0.1) is 14.6 Å². The predicted octanol–water partition coefficient (Wildman–Crippen LogP) is 5.61. The van der Waals surface area contributed by atoms with Crippen LogP contribution in [0.5, 0.6) is 5.75 Å². The summed E-state index contributed by atoms with van der Waals surface area (Å²) in [5, 5.41) is 2.44. The number of rotatable bonds is 5. The number of hydrogen-bond donors (Lipinski definition) is 1. The topological polar surface area (TPSA) is 110 Å². The maximum atomic E-state index is 13.1. The molecule has 1 aliphatic rings. The Balaban J connectivity index is 1.67. The van der Waals surface area contributed by atoms with E-state index in [4.69, 9.17) is 15.8 Å². The number of nitrogens with zero attached hydrogens (tertiary/aromatic N) is 1. The molecule has 1 aliphatic heterocycles. The zero-order chi connectivity index (χ0) is 26.2. The van der Waals surface area contributed by atoms with Crippen molar-refractivity contribution in [2.75, 3.05) is 4.90 Å². The van der Waals surface area contributed by atoms with Crippen LogP contribution in [0.3, 0.4) is 0 Å². The number of anilines is 1. The van der Waals surface area contributed by atoms with Crippen LogP contribution in [0.25, 0.3) is 6.08 Å². The van der Waals surface area contributed by atoms with Gasteiger partial charge in [-0.15, -0.1) is 0 Å². The number of hydrogen-bond acceptors (Lipinski definition) is 6. The number of carbonyl (C=O) groups is 3. The van der Waals surface area contributed by atoms with E-state index in [9.17, 15) is 22.8 Å². The van der Waals surface area contributed by atoms with Gasteiger partial charge >= 0.3 is 16.1 Å². The lowest BCUT2D eigenvalue weighted by molar-refractivity contribution is -0.122. The third-order valence-electron chi connectivity index (χ3n) is 5.00. The molecule has 0 unspecified atom stereocenters. The number of barbiturate groups is 1. The molecule has 1 saturated heterocycles. The summed E-state index contributed by atoms with van der Waals surface area (Å²) in [4.78, 5) is 38.7. The Morgan fingerprint density at radius 2 is 1.61 bits per heavy atom. The van der Waals surface area contributed by atoms with Gasteiger partial charge in [-0.05, 0) is 92.9 Å². The van der Waals surface area contributed by atoms with Gasteiger partial charge in [0.15, 0.2) is 5.75 Å². The summed E-state index contributed by atoms with van der Waals surface area (Å²) in [6.45, 7) is 1.83. The molecule has 12 heteroatoms. The lowest BCUT2D eigenvalue weighted by Crippen LogP contribution is -2.54. The average Bonchev–Trinajstić information content (AvgIpc) is 2.79. The van der Waals surface area contributed by atoms with E-state index in [1.54, 1.807) is 24.3 Å². The molecule has 36 heavy (non-hydrogen) atoms. The van der Waals surface area contributed by atoms with Gasteiger partial charge in [-0.1, -0.05) is 35.4 Å². The summed E-state index contributed by atoms with van der Waals surface area (Å²) in [5.74, 6) is -1.74. The van der Waals surface area contributed by atoms with Crippen LogP contribution < -0.4 is 14.4 Å². The number of nitrogens with one attached hydrogen (secondary N) is 1. The summed E-state index contributed by atoms with van der Waals surface area (Å²) < 4.78 is 31.2. The third-order valence-corrected chi connectivity index (χ3v) is 7.65. The molecule has 1 fully saturated rings. The molecule has 0 radical (unpaired) electrons. The second-order valence-electron chi connectivity index (χ2n) is 7.60. The summed E-state index contributed by atoms with van der Waals surface area (Å²) >= 11 is 12.5. The summed E-state index contributed by atoms with van der Waals surface area (Å²) in [7, 11) is -4.13. The van der Waals surface area contributed by atoms with E-state index in [1.165, 1.54) is 42.5 Å². The van der Waals surface area contributed by atoms with Gasteiger partial charge in [0.2, 0.25) is 0 Å². The molecule has 4 rings (SSSR count). The molecule has 3 aromatic rings. The highest BCUT2D eigenvalue weighted by molar-refractivity contribution is 9.11. The normalized spacial score (nSPS) is 15.3. The summed E-state index contributed by atoms with van der Waals surface area (Å²) in [6, 6.07) is 14.3. The van der Waals surface area contributed by atoms with Crippen molar-refractivity contribution in [3.63, 3.8) is 0 Å². The van der Waals surface area contributed by atoms with Crippen LogP contribution in [0.1, 0.15) is 11.1 Å². The second-order valence-corrected chi connectivity index (χ2v) is 11.3. The van der Waals surface area contributed by atoms with Gasteiger partial charge in [0, 0.05) is 5.02 Å². The van der Waals surface area contributed by atoms with Crippen molar-refractivity contribution in [1.29, 1.82) is 0 Å². The summed E-state index contributed by atoms with van der Waals surface area (Å²) in [6.07, 6.45) is 1.27. The van der Waals surface area contributed by atoms with Crippen LogP contribution >= 0.6 is 43.5 Å². The predicted molar refractivity (Wildman–Crippen MR) is 141 cm³/mol. The van der Waals surface area contributed by atoms with Gasteiger partial charge in [0.25, 0.3) is 11.8 Å². The molecular weight excluding hydrogens is 640 g/mol. The maximum Gasteiger partial charge on any atom is 0.339 e. The third kappa shape index (κ3) is 5.39. The first-order valence-corrected chi connectivity index (χ1v) is 13.5. The zero-order valence-electron chi connectivity index (χ0n) is 18.3. The van der Waals surface area contributed by atoms with E-state index in [2.05, 4.69) is 37.2 Å². The second kappa shape index (κ2) is 10.2. The molecule has 0 aromatic heterocycles. The molecule has 3 aromatic carbocycles. The van der Waals surface area contributed by atoms with E-state index in [0.29, 0.717) is 10.6 Å². The van der Waals surface area contributed by atoms with Crippen molar-refractivity contribution in [2.24, 2.45) is 0 Å². The Kier molecular flexibility index (Phi) is 7.37. The molecule has 184 valence electrons. The Morgan fingerprint density at radius 3 is 2.22 bits per heavy atom. The Labute approximate surface area is 228 Å². The monoisotopic (exact) mass is 652 g/mol. The molecule has 4 amide bonds. The van der Waals surface area contributed by atoms with E-state index in [0.717, 1.165) is 10.5 Å². The smallest absolute Gasteiger partial charge is 0.339 e. The van der Waals surface area contributed by atoms with Gasteiger partial charge in [0.1, 0.15) is 10.5 Å². The molecule has 1 N–H and O–H groups in total. The minimum absolute atomic E-state index is 0.0201. The Bertz CT molecular complexity index is 1530. The number of halogens is 3. The van der Waals surface area contributed by atoms with Crippen LogP contribution in [0.2, 0.25) is 5.02 Å². The molecule has 0 atom stereocenters. The first kappa shape index (κ1) is 26.1. The standard InChI is InChI=1S/C24H15Br2ClN2O6S/c1-13-5-7-17(8-6-13)36(33,34)35-21-19(25)10-14(11-20(21)26)9-18-22(30)28-24(32)29(23(18)31)16-4-2-3-15(27)12-16/h2-12H,1H3,(H,28,30,32)/b18-9+. The van der Waals surface area contributed by atoms with E-state index in [-0.39, 0.29) is 30.9 Å². The maximum absolute atomic E-state index is 13.1. The zero-order valence-corrected chi connectivity index (χ0v) is 23.0. The number of amides is 4. The van der Waals surface area contributed by atoms with Crippen LogP contribution in [-0.2, 0) is 19.7 Å². The van der Waals surface area contributed by atoms with E-state index in [1.807, 2.05) is 6.92 Å². The first-order chi connectivity index (χ1) is 17.0. The fourth-order valence-corrected chi connectivity index (χ4v) is 6.03. The van der Waals surface area contributed by atoms with Crippen LogP contribution in [0.15, 0.2) is 80.1 Å². The van der Waals surface area contributed by atoms with Crippen molar-refractivity contribution < 1.29 is 27.0 Å². The number of carbonyl (C=O) groups excluding carboxylic acids is 3. The first-order valence-electron chi connectivity index (χ1n) is 10.1. The van der Waals surface area contributed by atoms with Gasteiger partial charge in [-0.25, -0.2) is 9.69 Å². The van der Waals surface area contributed by atoms with Crippen molar-refractivity contribution in [3.05, 3.63) is 91.3 Å². The molecule has 0 saturated carbocycles. The van der Waals surface area contributed by atoms with Crippen LogP contribution in [0, 0.1) is 6.92 Å².